The van der Waals surface area contributed by atoms with Gasteiger partial charge in [0.05, 0.1) is 19.3 Å². The van der Waals surface area contributed by atoms with Crippen molar-refractivity contribution in [2.75, 3.05) is 25.1 Å². The summed E-state index contributed by atoms with van der Waals surface area (Å²) in [5.41, 5.74) is 1.01. The molecule has 1 saturated heterocycles. The van der Waals surface area contributed by atoms with Crippen molar-refractivity contribution in [1.82, 2.24) is 15.3 Å². The SMILES string of the molecule is c1ccc(Nc2ccnc([C@H]3COCCN3)n2)cc1. The van der Waals surface area contributed by atoms with Crippen LogP contribution in [0.4, 0.5) is 11.5 Å². The molecule has 0 spiro atoms. The summed E-state index contributed by atoms with van der Waals surface area (Å²) < 4.78 is 5.43. The van der Waals surface area contributed by atoms with E-state index in [0.29, 0.717) is 6.61 Å². The van der Waals surface area contributed by atoms with Crippen LogP contribution in [0.25, 0.3) is 0 Å². The maximum absolute atomic E-state index is 5.43. The summed E-state index contributed by atoms with van der Waals surface area (Å²) in [5.74, 6) is 1.56. The number of hydrogen-bond acceptors (Lipinski definition) is 5. The van der Waals surface area contributed by atoms with E-state index in [9.17, 15) is 0 Å². The molecule has 1 atom stereocenters. The molecule has 98 valence electrons. The zero-order chi connectivity index (χ0) is 12.9. The smallest absolute Gasteiger partial charge is 0.149 e. The summed E-state index contributed by atoms with van der Waals surface area (Å²) in [6, 6.07) is 11.9. The van der Waals surface area contributed by atoms with E-state index in [4.69, 9.17) is 4.74 Å². The zero-order valence-corrected chi connectivity index (χ0v) is 10.5. The van der Waals surface area contributed by atoms with Crippen molar-refractivity contribution in [3.8, 4) is 0 Å². The number of aromatic nitrogens is 2. The average Bonchev–Trinajstić information content (AvgIpc) is 2.49. The van der Waals surface area contributed by atoms with Crippen LogP contribution in [-0.4, -0.2) is 29.7 Å². The van der Waals surface area contributed by atoms with E-state index in [-0.39, 0.29) is 6.04 Å². The van der Waals surface area contributed by atoms with Gasteiger partial charge in [-0.05, 0) is 18.2 Å². The van der Waals surface area contributed by atoms with Crippen LogP contribution in [0.3, 0.4) is 0 Å². The summed E-state index contributed by atoms with van der Waals surface area (Å²) in [6.45, 7) is 2.21. The maximum Gasteiger partial charge on any atom is 0.149 e. The van der Waals surface area contributed by atoms with Crippen LogP contribution >= 0.6 is 0 Å². The lowest BCUT2D eigenvalue weighted by Crippen LogP contribution is -2.35. The quantitative estimate of drug-likeness (QED) is 0.878. The van der Waals surface area contributed by atoms with Crippen molar-refractivity contribution in [3.05, 3.63) is 48.4 Å². The molecule has 0 bridgehead atoms. The van der Waals surface area contributed by atoms with Gasteiger partial charge in [0.15, 0.2) is 0 Å². The number of nitrogens with zero attached hydrogens (tertiary/aromatic N) is 2. The monoisotopic (exact) mass is 256 g/mol. The minimum Gasteiger partial charge on any atom is -0.378 e. The van der Waals surface area contributed by atoms with E-state index in [1.165, 1.54) is 0 Å². The molecule has 1 aliphatic rings. The minimum absolute atomic E-state index is 0.0753. The molecule has 3 rings (SSSR count). The first kappa shape index (κ1) is 12.1. The Morgan fingerprint density at radius 3 is 2.89 bits per heavy atom. The van der Waals surface area contributed by atoms with Crippen molar-refractivity contribution < 1.29 is 4.74 Å². The van der Waals surface area contributed by atoms with Crippen LogP contribution in [-0.2, 0) is 4.74 Å². The number of ether oxygens (including phenoxy) is 1. The first-order chi connectivity index (χ1) is 9.42. The van der Waals surface area contributed by atoms with Gasteiger partial charge in [-0.1, -0.05) is 18.2 Å². The van der Waals surface area contributed by atoms with Crippen molar-refractivity contribution in [2.45, 2.75) is 6.04 Å². The Labute approximate surface area is 112 Å². The molecule has 19 heavy (non-hydrogen) atoms. The van der Waals surface area contributed by atoms with E-state index < -0.39 is 0 Å². The van der Waals surface area contributed by atoms with Gasteiger partial charge >= 0.3 is 0 Å². The van der Waals surface area contributed by atoms with Crippen molar-refractivity contribution >= 4 is 11.5 Å². The molecule has 1 fully saturated rings. The van der Waals surface area contributed by atoms with E-state index in [0.717, 1.165) is 30.5 Å². The number of nitrogens with one attached hydrogen (secondary N) is 2. The van der Waals surface area contributed by atoms with Crippen molar-refractivity contribution in [1.29, 1.82) is 0 Å². The second kappa shape index (κ2) is 5.77. The normalized spacial score (nSPS) is 19.1. The summed E-state index contributed by atoms with van der Waals surface area (Å²) in [4.78, 5) is 8.84. The highest BCUT2D eigenvalue weighted by molar-refractivity contribution is 5.55. The number of benzene rings is 1. The maximum atomic E-state index is 5.43. The van der Waals surface area contributed by atoms with E-state index in [1.807, 2.05) is 36.4 Å². The van der Waals surface area contributed by atoms with Gasteiger partial charge in [-0.3, -0.25) is 0 Å². The molecule has 0 unspecified atom stereocenters. The summed E-state index contributed by atoms with van der Waals surface area (Å²) >= 11 is 0. The van der Waals surface area contributed by atoms with Gasteiger partial charge in [0.25, 0.3) is 0 Å². The molecular formula is C14H16N4O. The molecule has 0 amide bonds. The van der Waals surface area contributed by atoms with Gasteiger partial charge in [0.1, 0.15) is 11.6 Å². The third-order valence-electron chi connectivity index (χ3n) is 2.95. The first-order valence-electron chi connectivity index (χ1n) is 6.38. The third kappa shape index (κ3) is 3.07. The molecule has 2 N–H and O–H groups in total. The molecule has 0 radical (unpaired) electrons. The molecule has 0 saturated carbocycles. The number of para-hydroxylation sites is 1. The summed E-state index contributed by atoms with van der Waals surface area (Å²) in [5, 5.41) is 6.61. The molecule has 0 aliphatic carbocycles. The fraction of sp³-hybridized carbons (Fsp3) is 0.286. The predicted octanol–water partition coefficient (Wildman–Crippen LogP) is 1.88. The second-order valence-electron chi connectivity index (χ2n) is 4.37. The largest absolute Gasteiger partial charge is 0.378 e. The van der Waals surface area contributed by atoms with Gasteiger partial charge in [0, 0.05) is 18.4 Å². The number of morpholine rings is 1. The number of anilines is 2. The zero-order valence-electron chi connectivity index (χ0n) is 10.5. The lowest BCUT2D eigenvalue weighted by atomic mass is 10.2. The van der Waals surface area contributed by atoms with E-state index in [2.05, 4.69) is 20.6 Å². The molecular weight excluding hydrogens is 240 g/mol. The topological polar surface area (TPSA) is 59.1 Å². The van der Waals surface area contributed by atoms with Crippen LogP contribution in [0, 0.1) is 0 Å². The molecule has 2 aromatic rings. The lowest BCUT2D eigenvalue weighted by Gasteiger charge is -2.22. The molecule has 5 nitrogen and oxygen atoms in total. The number of rotatable bonds is 3. The van der Waals surface area contributed by atoms with Crippen molar-refractivity contribution in [2.24, 2.45) is 0 Å². The Kier molecular flexibility index (Phi) is 3.67. The minimum atomic E-state index is 0.0753. The van der Waals surface area contributed by atoms with E-state index in [1.54, 1.807) is 6.20 Å². The van der Waals surface area contributed by atoms with Crippen LogP contribution in [0.1, 0.15) is 11.9 Å². The van der Waals surface area contributed by atoms with Crippen LogP contribution in [0.5, 0.6) is 0 Å². The second-order valence-corrected chi connectivity index (χ2v) is 4.37. The molecule has 2 heterocycles. The third-order valence-corrected chi connectivity index (χ3v) is 2.95. The van der Waals surface area contributed by atoms with Gasteiger partial charge in [-0.25, -0.2) is 9.97 Å². The molecule has 1 aromatic heterocycles. The Hall–Kier alpha value is -1.98. The highest BCUT2D eigenvalue weighted by atomic mass is 16.5. The number of hydrogen-bond donors (Lipinski definition) is 2. The van der Waals surface area contributed by atoms with Crippen LogP contribution in [0.2, 0.25) is 0 Å². The Morgan fingerprint density at radius 1 is 1.21 bits per heavy atom. The van der Waals surface area contributed by atoms with Gasteiger partial charge in [-0.2, -0.15) is 0 Å². The molecule has 1 aromatic carbocycles. The van der Waals surface area contributed by atoms with Gasteiger partial charge < -0.3 is 15.4 Å². The van der Waals surface area contributed by atoms with Gasteiger partial charge in [-0.15, -0.1) is 0 Å². The van der Waals surface area contributed by atoms with Crippen LogP contribution < -0.4 is 10.6 Å². The van der Waals surface area contributed by atoms with Crippen LogP contribution in [0.15, 0.2) is 42.6 Å². The molecule has 5 heteroatoms. The summed E-state index contributed by atoms with van der Waals surface area (Å²) in [7, 11) is 0. The average molecular weight is 256 g/mol. The predicted molar refractivity (Wildman–Crippen MR) is 73.3 cm³/mol. The van der Waals surface area contributed by atoms with Gasteiger partial charge in [0.2, 0.25) is 0 Å². The fourth-order valence-corrected chi connectivity index (χ4v) is 2.01. The lowest BCUT2D eigenvalue weighted by molar-refractivity contribution is 0.0742. The Morgan fingerprint density at radius 2 is 2.11 bits per heavy atom. The highest BCUT2D eigenvalue weighted by Gasteiger charge is 2.17. The summed E-state index contributed by atoms with van der Waals surface area (Å²) in [6.07, 6.45) is 1.77. The molecule has 1 aliphatic heterocycles. The standard InChI is InChI=1S/C14H16N4O/c1-2-4-11(5-3-1)17-13-6-7-16-14(18-13)12-10-19-9-8-15-12/h1-7,12,15H,8-10H2,(H,16,17,18)/t12-/m1/s1. The first-order valence-corrected chi connectivity index (χ1v) is 6.38. The fourth-order valence-electron chi connectivity index (χ4n) is 2.01. The van der Waals surface area contributed by atoms with Crippen molar-refractivity contribution in [3.63, 3.8) is 0 Å². The Balaban J connectivity index is 1.76. The Bertz CT molecular complexity index is 526. The van der Waals surface area contributed by atoms with E-state index >= 15 is 0 Å². The highest BCUT2D eigenvalue weighted by Crippen LogP contribution is 2.16.